The van der Waals surface area contributed by atoms with Crippen LogP contribution >= 0.6 is 0 Å². The summed E-state index contributed by atoms with van der Waals surface area (Å²) in [5.41, 5.74) is 2.34. The van der Waals surface area contributed by atoms with Gasteiger partial charge in [0.1, 0.15) is 5.82 Å². The summed E-state index contributed by atoms with van der Waals surface area (Å²) in [6.45, 7) is 3.02. The number of likely N-dealkylation sites (tertiary alicyclic amines) is 1. The third-order valence-corrected chi connectivity index (χ3v) is 4.24. The number of imidazole rings is 1. The Hall–Kier alpha value is -2.37. The number of aliphatic carboxylic acids is 1. The van der Waals surface area contributed by atoms with E-state index in [1.165, 1.54) is 0 Å². The summed E-state index contributed by atoms with van der Waals surface area (Å²) in [5, 5.41) is 9.01. The highest BCUT2D eigenvalue weighted by atomic mass is 16.4. The monoisotopic (exact) mass is 301 g/mol. The van der Waals surface area contributed by atoms with Crippen molar-refractivity contribution in [2.75, 3.05) is 13.1 Å². The predicted molar refractivity (Wildman–Crippen MR) is 81.7 cm³/mol. The van der Waals surface area contributed by atoms with E-state index in [2.05, 4.69) is 9.97 Å². The van der Waals surface area contributed by atoms with Gasteiger partial charge in [0, 0.05) is 25.1 Å². The van der Waals surface area contributed by atoms with Crippen molar-refractivity contribution < 1.29 is 14.7 Å². The number of H-pyrrole nitrogens is 1. The number of aromatic nitrogens is 2. The largest absolute Gasteiger partial charge is 0.481 e. The van der Waals surface area contributed by atoms with Crippen molar-refractivity contribution in [3.8, 4) is 0 Å². The summed E-state index contributed by atoms with van der Waals surface area (Å²) in [6, 6.07) is 5.46. The van der Waals surface area contributed by atoms with Crippen LogP contribution in [-0.2, 0) is 11.2 Å². The minimum absolute atomic E-state index is 0.0432. The summed E-state index contributed by atoms with van der Waals surface area (Å²) in [5.74, 6) is -0.232. The molecule has 1 saturated heterocycles. The van der Waals surface area contributed by atoms with Crippen LogP contribution in [0.5, 0.6) is 0 Å². The second kappa shape index (κ2) is 5.79. The SMILES string of the molecule is CCc1nc2ccc(C(=O)N3CCC(C(=O)O)CC3)cc2[nH]1. The third kappa shape index (κ3) is 2.68. The van der Waals surface area contributed by atoms with Crippen molar-refractivity contribution >= 4 is 22.9 Å². The molecule has 22 heavy (non-hydrogen) atoms. The van der Waals surface area contributed by atoms with Gasteiger partial charge in [0.25, 0.3) is 5.91 Å². The van der Waals surface area contributed by atoms with Crippen LogP contribution in [0.15, 0.2) is 18.2 Å². The molecule has 1 aromatic carbocycles. The maximum Gasteiger partial charge on any atom is 0.306 e. The summed E-state index contributed by atoms with van der Waals surface area (Å²) in [4.78, 5) is 32.9. The molecule has 1 amide bonds. The Morgan fingerprint density at radius 2 is 2.09 bits per heavy atom. The number of piperidine rings is 1. The highest BCUT2D eigenvalue weighted by molar-refractivity contribution is 5.97. The van der Waals surface area contributed by atoms with Gasteiger partial charge in [0.05, 0.1) is 17.0 Å². The average molecular weight is 301 g/mol. The molecule has 1 aromatic heterocycles. The van der Waals surface area contributed by atoms with Gasteiger partial charge in [-0.2, -0.15) is 0 Å². The van der Waals surface area contributed by atoms with Crippen molar-refractivity contribution in [2.24, 2.45) is 5.92 Å². The van der Waals surface area contributed by atoms with Crippen molar-refractivity contribution in [1.82, 2.24) is 14.9 Å². The fourth-order valence-corrected chi connectivity index (χ4v) is 2.88. The van der Waals surface area contributed by atoms with Crippen LogP contribution in [0, 0.1) is 5.92 Å². The van der Waals surface area contributed by atoms with Crippen LogP contribution in [-0.4, -0.2) is 44.9 Å². The number of amides is 1. The number of benzene rings is 1. The van der Waals surface area contributed by atoms with E-state index in [9.17, 15) is 9.59 Å². The van der Waals surface area contributed by atoms with E-state index in [1.54, 1.807) is 11.0 Å². The van der Waals surface area contributed by atoms with Gasteiger partial charge < -0.3 is 15.0 Å². The van der Waals surface area contributed by atoms with Gasteiger partial charge in [-0.1, -0.05) is 6.92 Å². The van der Waals surface area contributed by atoms with Crippen LogP contribution in [0.4, 0.5) is 0 Å². The molecule has 0 spiro atoms. The lowest BCUT2D eigenvalue weighted by Gasteiger charge is -2.30. The number of carboxylic acids is 1. The van der Waals surface area contributed by atoms with Crippen LogP contribution in [0.2, 0.25) is 0 Å². The second-order valence-corrected chi connectivity index (χ2v) is 5.67. The number of aryl methyl sites for hydroxylation is 1. The first-order valence-corrected chi connectivity index (χ1v) is 7.59. The zero-order chi connectivity index (χ0) is 15.7. The summed E-state index contributed by atoms with van der Waals surface area (Å²) < 4.78 is 0. The number of nitrogens with one attached hydrogen (secondary N) is 1. The summed E-state index contributed by atoms with van der Waals surface area (Å²) in [7, 11) is 0. The normalized spacial score (nSPS) is 16.1. The van der Waals surface area contributed by atoms with Gasteiger partial charge in [-0.3, -0.25) is 9.59 Å². The number of hydrogen-bond donors (Lipinski definition) is 2. The molecule has 0 saturated carbocycles. The van der Waals surface area contributed by atoms with E-state index in [0.29, 0.717) is 31.5 Å². The summed E-state index contributed by atoms with van der Waals surface area (Å²) in [6.07, 6.45) is 1.86. The number of rotatable bonds is 3. The quantitative estimate of drug-likeness (QED) is 0.908. The van der Waals surface area contributed by atoms with Gasteiger partial charge in [0.2, 0.25) is 0 Å². The highest BCUT2D eigenvalue weighted by Gasteiger charge is 2.27. The fourth-order valence-electron chi connectivity index (χ4n) is 2.88. The molecule has 2 heterocycles. The van der Waals surface area contributed by atoms with E-state index in [0.717, 1.165) is 23.3 Å². The maximum absolute atomic E-state index is 12.5. The first kappa shape index (κ1) is 14.6. The molecule has 2 aromatic rings. The molecule has 2 N–H and O–H groups in total. The van der Waals surface area contributed by atoms with Gasteiger partial charge >= 0.3 is 5.97 Å². The molecule has 6 heteroatoms. The lowest BCUT2D eigenvalue weighted by Crippen LogP contribution is -2.40. The van der Waals surface area contributed by atoms with E-state index < -0.39 is 5.97 Å². The van der Waals surface area contributed by atoms with Crippen LogP contribution in [0.25, 0.3) is 11.0 Å². The Morgan fingerprint density at radius 1 is 1.36 bits per heavy atom. The van der Waals surface area contributed by atoms with E-state index in [4.69, 9.17) is 5.11 Å². The molecule has 0 atom stereocenters. The van der Waals surface area contributed by atoms with Crippen molar-refractivity contribution in [2.45, 2.75) is 26.2 Å². The fraction of sp³-hybridized carbons (Fsp3) is 0.438. The first-order chi connectivity index (χ1) is 10.6. The van der Waals surface area contributed by atoms with E-state index in [1.807, 2.05) is 19.1 Å². The number of carbonyl (C=O) groups is 2. The number of carbonyl (C=O) groups excluding carboxylic acids is 1. The summed E-state index contributed by atoms with van der Waals surface area (Å²) >= 11 is 0. The molecule has 1 fully saturated rings. The molecule has 1 aliphatic heterocycles. The minimum atomic E-state index is -0.766. The standard InChI is InChI=1S/C16H19N3O3/c1-2-14-17-12-4-3-11(9-13(12)18-14)15(20)19-7-5-10(6-8-19)16(21)22/h3-4,9-10H,2,5-8H2,1H3,(H,17,18)(H,21,22). The first-order valence-electron chi connectivity index (χ1n) is 7.59. The topological polar surface area (TPSA) is 86.3 Å². The Labute approximate surface area is 128 Å². The van der Waals surface area contributed by atoms with Gasteiger partial charge in [-0.05, 0) is 31.0 Å². The van der Waals surface area contributed by atoms with Crippen molar-refractivity contribution in [3.05, 3.63) is 29.6 Å². The number of fused-ring (bicyclic) bond motifs is 1. The Balaban J connectivity index is 1.76. The Morgan fingerprint density at radius 3 is 2.73 bits per heavy atom. The van der Waals surface area contributed by atoms with E-state index >= 15 is 0 Å². The maximum atomic E-state index is 12.5. The zero-order valence-electron chi connectivity index (χ0n) is 12.5. The predicted octanol–water partition coefficient (Wildman–Crippen LogP) is 2.06. The Bertz CT molecular complexity index is 714. The smallest absolute Gasteiger partial charge is 0.306 e. The molecule has 0 radical (unpaired) electrons. The van der Waals surface area contributed by atoms with E-state index in [-0.39, 0.29) is 11.8 Å². The molecule has 0 bridgehead atoms. The third-order valence-electron chi connectivity index (χ3n) is 4.24. The molecule has 3 rings (SSSR count). The highest BCUT2D eigenvalue weighted by Crippen LogP contribution is 2.21. The molecule has 0 unspecified atom stereocenters. The number of aromatic amines is 1. The second-order valence-electron chi connectivity index (χ2n) is 5.67. The van der Waals surface area contributed by atoms with Crippen LogP contribution < -0.4 is 0 Å². The Kier molecular flexibility index (Phi) is 3.83. The van der Waals surface area contributed by atoms with Crippen LogP contribution in [0.3, 0.4) is 0 Å². The molecule has 0 aliphatic carbocycles. The van der Waals surface area contributed by atoms with Gasteiger partial charge in [0.15, 0.2) is 0 Å². The molecular weight excluding hydrogens is 282 g/mol. The van der Waals surface area contributed by atoms with Gasteiger partial charge in [-0.25, -0.2) is 4.98 Å². The van der Waals surface area contributed by atoms with Crippen molar-refractivity contribution in [3.63, 3.8) is 0 Å². The van der Waals surface area contributed by atoms with Crippen LogP contribution in [0.1, 0.15) is 35.9 Å². The molecule has 6 nitrogen and oxygen atoms in total. The zero-order valence-corrected chi connectivity index (χ0v) is 12.5. The lowest BCUT2D eigenvalue weighted by atomic mass is 9.96. The number of carboxylic acid groups (broad SMARTS) is 1. The average Bonchev–Trinajstić information content (AvgIpc) is 2.96. The molecular formula is C16H19N3O3. The van der Waals surface area contributed by atoms with Gasteiger partial charge in [-0.15, -0.1) is 0 Å². The number of nitrogens with zero attached hydrogens (tertiary/aromatic N) is 2. The number of hydrogen-bond acceptors (Lipinski definition) is 3. The van der Waals surface area contributed by atoms with Crippen molar-refractivity contribution in [1.29, 1.82) is 0 Å². The minimum Gasteiger partial charge on any atom is -0.481 e. The molecule has 1 aliphatic rings. The lowest BCUT2D eigenvalue weighted by molar-refractivity contribution is -0.143. The molecule has 116 valence electrons.